The lowest BCUT2D eigenvalue weighted by Crippen LogP contribution is -2.85. The Bertz CT molecular complexity index is 934. The molecule has 0 aromatic heterocycles. The number of nitrogens with zero attached hydrogens (tertiary/aromatic N) is 2. The molecule has 2 aliphatic rings. The van der Waals surface area contributed by atoms with E-state index >= 15 is 0 Å². The van der Waals surface area contributed by atoms with Crippen LogP contribution in [0.15, 0.2) is 48.5 Å². The van der Waals surface area contributed by atoms with Crippen LogP contribution >= 0.6 is 0 Å². The van der Waals surface area contributed by atoms with Gasteiger partial charge in [-0.15, -0.1) is 0 Å². The van der Waals surface area contributed by atoms with E-state index in [1.165, 1.54) is 6.92 Å². The third kappa shape index (κ3) is 2.90. The predicted molar refractivity (Wildman–Crippen MR) is 110 cm³/mol. The summed E-state index contributed by atoms with van der Waals surface area (Å²) in [6.45, 7) is 4.00. The van der Waals surface area contributed by atoms with Gasteiger partial charge in [-0.05, 0) is 17.2 Å². The Labute approximate surface area is 170 Å². The number of rotatable bonds is 4. The second-order valence-electron chi connectivity index (χ2n) is 7.92. The third-order valence-electron chi connectivity index (χ3n) is 6.36. The average molecular weight is 394 g/mol. The topological polar surface area (TPSA) is 70.1 Å². The van der Waals surface area contributed by atoms with Crippen molar-refractivity contribution in [3.05, 3.63) is 54.1 Å². The van der Waals surface area contributed by atoms with Gasteiger partial charge in [0.25, 0.3) is 0 Å². The molecule has 1 spiro atoms. The molecule has 2 atom stereocenters. The van der Waals surface area contributed by atoms with Crippen molar-refractivity contribution in [2.45, 2.75) is 31.3 Å². The zero-order valence-corrected chi connectivity index (χ0v) is 17.0. The first-order valence-electron chi connectivity index (χ1n) is 9.82. The maximum absolute atomic E-state index is 12.3. The highest BCUT2D eigenvalue weighted by Crippen LogP contribution is 2.54. The first-order valence-corrected chi connectivity index (χ1v) is 9.82. The number of methoxy groups -OCH3 is 1. The summed E-state index contributed by atoms with van der Waals surface area (Å²) in [6, 6.07) is 15.8. The van der Waals surface area contributed by atoms with Gasteiger partial charge >= 0.3 is 0 Å². The molecule has 0 saturated carbocycles. The van der Waals surface area contributed by atoms with Crippen LogP contribution in [0.3, 0.4) is 0 Å². The number of hydrogen-bond donors (Lipinski definition) is 1. The van der Waals surface area contributed by atoms with E-state index < -0.39 is 5.54 Å². The summed E-state index contributed by atoms with van der Waals surface area (Å²) < 4.78 is 5.46. The monoisotopic (exact) mass is 394 g/mol. The first-order chi connectivity index (χ1) is 13.9. The molecule has 0 radical (unpaired) electrons. The normalized spacial score (nSPS) is 22.1. The van der Waals surface area contributed by atoms with Crippen molar-refractivity contribution < 1.29 is 19.4 Å². The van der Waals surface area contributed by atoms with Gasteiger partial charge in [-0.2, -0.15) is 0 Å². The Hall–Kier alpha value is -2.86. The average Bonchev–Trinajstić information content (AvgIpc) is 2.66. The molecule has 29 heavy (non-hydrogen) atoms. The number of ether oxygens (including phenoxy) is 1. The maximum Gasteiger partial charge on any atom is 0.220 e. The zero-order chi connectivity index (χ0) is 20.8. The predicted octanol–water partition coefficient (Wildman–Crippen LogP) is 2.27. The van der Waals surface area contributed by atoms with Crippen molar-refractivity contribution in [2.75, 3.05) is 26.8 Å². The van der Waals surface area contributed by atoms with Gasteiger partial charge in [-0.3, -0.25) is 9.59 Å². The number of amides is 2. The van der Waals surface area contributed by atoms with Crippen LogP contribution in [0.5, 0.6) is 5.75 Å². The fraction of sp³-hybridized carbons (Fsp3) is 0.391. The van der Waals surface area contributed by atoms with Crippen LogP contribution in [0, 0.1) is 0 Å². The van der Waals surface area contributed by atoms with E-state index in [4.69, 9.17) is 4.74 Å². The van der Waals surface area contributed by atoms with Crippen LogP contribution in [0.4, 0.5) is 0 Å². The number of para-hydroxylation sites is 1. The molecule has 2 aromatic carbocycles. The summed E-state index contributed by atoms with van der Waals surface area (Å²) in [5.41, 5.74) is 2.71. The molecule has 2 heterocycles. The highest BCUT2D eigenvalue weighted by Gasteiger charge is 2.67. The molecule has 2 amide bonds. The molecule has 2 saturated heterocycles. The molecule has 1 N–H and O–H groups in total. The molecule has 0 bridgehead atoms. The minimum Gasteiger partial charge on any atom is -0.496 e. The van der Waals surface area contributed by atoms with Gasteiger partial charge in [0.1, 0.15) is 5.75 Å². The minimum atomic E-state index is -0.420. The molecule has 0 aliphatic carbocycles. The molecular weight excluding hydrogens is 368 g/mol. The molecule has 0 unspecified atom stereocenters. The van der Waals surface area contributed by atoms with Crippen molar-refractivity contribution in [3.63, 3.8) is 0 Å². The van der Waals surface area contributed by atoms with Gasteiger partial charge in [0.2, 0.25) is 11.8 Å². The van der Waals surface area contributed by atoms with Gasteiger partial charge in [0, 0.05) is 38.4 Å². The SMILES string of the molecule is COc1ccccc1-c1ccc([C@H]2[C@H](CO)N(C(C)=O)C23CN(C(C)=O)C3)cc1. The fourth-order valence-corrected chi connectivity index (χ4v) is 5.11. The largest absolute Gasteiger partial charge is 0.496 e. The quantitative estimate of drug-likeness (QED) is 0.864. The van der Waals surface area contributed by atoms with E-state index in [1.807, 2.05) is 36.4 Å². The third-order valence-corrected chi connectivity index (χ3v) is 6.36. The second kappa shape index (κ2) is 7.19. The van der Waals surface area contributed by atoms with Crippen LogP contribution in [0.1, 0.15) is 25.3 Å². The van der Waals surface area contributed by atoms with Crippen LogP contribution in [-0.2, 0) is 9.59 Å². The maximum atomic E-state index is 12.3. The Kier molecular flexibility index (Phi) is 4.82. The molecule has 2 fully saturated rings. The molecule has 2 aromatic rings. The smallest absolute Gasteiger partial charge is 0.220 e. The van der Waals surface area contributed by atoms with Crippen molar-refractivity contribution in [3.8, 4) is 16.9 Å². The van der Waals surface area contributed by atoms with Gasteiger partial charge in [-0.1, -0.05) is 42.5 Å². The highest BCUT2D eigenvalue weighted by atomic mass is 16.5. The Morgan fingerprint density at radius 1 is 1.07 bits per heavy atom. The number of carbonyl (C=O) groups is 2. The highest BCUT2D eigenvalue weighted by molar-refractivity contribution is 5.80. The number of aliphatic hydroxyl groups is 1. The summed E-state index contributed by atoms with van der Waals surface area (Å²) in [5.74, 6) is 0.761. The molecule has 4 rings (SSSR count). The number of benzene rings is 2. The van der Waals surface area contributed by atoms with E-state index in [2.05, 4.69) is 12.1 Å². The number of carbonyl (C=O) groups excluding carboxylic acids is 2. The van der Waals surface area contributed by atoms with Gasteiger partial charge in [-0.25, -0.2) is 0 Å². The molecule has 2 aliphatic heterocycles. The van der Waals surface area contributed by atoms with Crippen molar-refractivity contribution in [1.29, 1.82) is 0 Å². The van der Waals surface area contributed by atoms with E-state index in [0.29, 0.717) is 13.1 Å². The lowest BCUT2D eigenvalue weighted by atomic mass is 9.60. The molecule has 6 heteroatoms. The van der Waals surface area contributed by atoms with Gasteiger partial charge < -0.3 is 19.6 Å². The van der Waals surface area contributed by atoms with Crippen LogP contribution in [0.25, 0.3) is 11.1 Å². The Morgan fingerprint density at radius 3 is 2.28 bits per heavy atom. The minimum absolute atomic E-state index is 0.00119. The second-order valence-corrected chi connectivity index (χ2v) is 7.92. The lowest BCUT2D eigenvalue weighted by molar-refractivity contribution is -0.200. The van der Waals surface area contributed by atoms with Gasteiger partial charge in [0.15, 0.2) is 0 Å². The van der Waals surface area contributed by atoms with Crippen LogP contribution in [-0.4, -0.2) is 65.1 Å². The summed E-state index contributed by atoms with van der Waals surface area (Å²) in [6.07, 6.45) is 0. The summed E-state index contributed by atoms with van der Waals surface area (Å²) >= 11 is 0. The van der Waals surface area contributed by atoms with E-state index in [-0.39, 0.29) is 30.4 Å². The lowest BCUT2D eigenvalue weighted by Gasteiger charge is -2.70. The van der Waals surface area contributed by atoms with Crippen LogP contribution in [0.2, 0.25) is 0 Å². The summed E-state index contributed by atoms with van der Waals surface area (Å²) in [5, 5.41) is 9.97. The van der Waals surface area contributed by atoms with Gasteiger partial charge in [0.05, 0.1) is 25.3 Å². The fourth-order valence-electron chi connectivity index (χ4n) is 5.11. The first kappa shape index (κ1) is 19.5. The van der Waals surface area contributed by atoms with Crippen molar-refractivity contribution in [2.24, 2.45) is 0 Å². The standard InChI is InChI=1S/C23H26N2O4/c1-15(27)24-13-23(14-24)22(20(12-26)25(23)16(2)28)18-10-8-17(9-11-18)19-6-4-5-7-21(19)29-3/h4-11,20,22,26H,12-14H2,1-3H3/t20-,22-/m0/s1. The van der Waals surface area contributed by atoms with Crippen LogP contribution < -0.4 is 4.74 Å². The molecular formula is C23H26N2O4. The number of likely N-dealkylation sites (tertiary alicyclic amines) is 2. The van der Waals surface area contributed by atoms with Crippen molar-refractivity contribution in [1.82, 2.24) is 9.80 Å². The zero-order valence-electron chi connectivity index (χ0n) is 17.0. The van der Waals surface area contributed by atoms with Crippen molar-refractivity contribution >= 4 is 11.8 Å². The number of hydrogen-bond acceptors (Lipinski definition) is 4. The Balaban J connectivity index is 1.66. The van der Waals surface area contributed by atoms with E-state index in [1.54, 1.807) is 23.8 Å². The summed E-state index contributed by atoms with van der Waals surface area (Å²) in [7, 11) is 1.66. The summed E-state index contributed by atoms with van der Waals surface area (Å²) in [4.78, 5) is 27.5. The molecule has 152 valence electrons. The van der Waals surface area contributed by atoms with E-state index in [9.17, 15) is 14.7 Å². The number of aliphatic hydroxyl groups excluding tert-OH is 1. The molecule has 6 nitrogen and oxygen atoms in total. The van der Waals surface area contributed by atoms with E-state index in [0.717, 1.165) is 22.4 Å². The Morgan fingerprint density at radius 2 is 1.72 bits per heavy atom.